The molecule has 0 aliphatic carbocycles. The van der Waals surface area contributed by atoms with Crippen molar-refractivity contribution in [1.82, 2.24) is 10.3 Å². The molecule has 0 fully saturated rings. The second-order valence-corrected chi connectivity index (χ2v) is 4.46. The van der Waals surface area contributed by atoms with Gasteiger partial charge < -0.3 is 10.3 Å². The molecule has 0 aliphatic heterocycles. The number of amides is 1. The van der Waals surface area contributed by atoms with Gasteiger partial charge in [-0.15, -0.1) is 0 Å². The van der Waals surface area contributed by atoms with E-state index in [2.05, 4.69) is 10.3 Å². The van der Waals surface area contributed by atoms with Crippen LogP contribution in [-0.2, 0) is 0 Å². The molecule has 1 amide bonds. The SMILES string of the molecule is CCC(C)NC(=O)c1c(C)[nH]c(C(C)=O)c1C. The molecule has 2 N–H and O–H groups in total. The zero-order chi connectivity index (χ0) is 13.2. The summed E-state index contributed by atoms with van der Waals surface area (Å²) < 4.78 is 0. The van der Waals surface area contributed by atoms with Crippen molar-refractivity contribution < 1.29 is 9.59 Å². The van der Waals surface area contributed by atoms with E-state index in [9.17, 15) is 9.59 Å². The highest BCUT2D eigenvalue weighted by Crippen LogP contribution is 2.18. The van der Waals surface area contributed by atoms with Gasteiger partial charge in [-0.05, 0) is 32.8 Å². The molecule has 1 atom stereocenters. The molecule has 1 unspecified atom stereocenters. The van der Waals surface area contributed by atoms with Crippen LogP contribution in [0.5, 0.6) is 0 Å². The van der Waals surface area contributed by atoms with Crippen LogP contribution in [-0.4, -0.2) is 22.7 Å². The molecule has 1 aromatic heterocycles. The Kier molecular flexibility index (Phi) is 4.10. The molecule has 4 nitrogen and oxygen atoms in total. The second kappa shape index (κ2) is 5.17. The van der Waals surface area contributed by atoms with Gasteiger partial charge in [-0.2, -0.15) is 0 Å². The Hall–Kier alpha value is -1.58. The fraction of sp³-hybridized carbons (Fsp3) is 0.538. The first-order valence-corrected chi connectivity index (χ1v) is 5.89. The van der Waals surface area contributed by atoms with E-state index in [1.807, 2.05) is 20.8 Å². The van der Waals surface area contributed by atoms with Crippen molar-refractivity contribution in [2.45, 2.75) is 47.1 Å². The van der Waals surface area contributed by atoms with Crippen LogP contribution >= 0.6 is 0 Å². The first-order valence-electron chi connectivity index (χ1n) is 5.89. The fourth-order valence-electron chi connectivity index (χ4n) is 1.84. The largest absolute Gasteiger partial charge is 0.355 e. The van der Waals surface area contributed by atoms with Crippen molar-refractivity contribution >= 4 is 11.7 Å². The molecule has 1 aromatic rings. The lowest BCUT2D eigenvalue weighted by molar-refractivity contribution is 0.0938. The number of H-pyrrole nitrogens is 1. The number of Topliss-reactive ketones (excluding diaryl/α,β-unsaturated/α-hetero) is 1. The number of aryl methyl sites for hydroxylation is 1. The number of aromatic nitrogens is 1. The average molecular weight is 236 g/mol. The number of aromatic amines is 1. The molecule has 94 valence electrons. The van der Waals surface area contributed by atoms with Gasteiger partial charge in [-0.25, -0.2) is 0 Å². The lowest BCUT2D eigenvalue weighted by Gasteiger charge is -2.11. The summed E-state index contributed by atoms with van der Waals surface area (Å²) in [4.78, 5) is 26.4. The molecular formula is C13H20N2O2. The third kappa shape index (κ3) is 2.75. The Labute approximate surface area is 102 Å². The summed E-state index contributed by atoms with van der Waals surface area (Å²) in [6.07, 6.45) is 0.883. The van der Waals surface area contributed by atoms with Crippen LogP contribution in [0.25, 0.3) is 0 Å². The predicted molar refractivity (Wildman–Crippen MR) is 67.5 cm³/mol. The van der Waals surface area contributed by atoms with E-state index < -0.39 is 0 Å². The van der Waals surface area contributed by atoms with Gasteiger partial charge >= 0.3 is 0 Å². The van der Waals surface area contributed by atoms with Crippen molar-refractivity contribution in [3.8, 4) is 0 Å². The normalized spacial score (nSPS) is 12.3. The summed E-state index contributed by atoms with van der Waals surface area (Å²) in [7, 11) is 0. The number of hydrogen-bond acceptors (Lipinski definition) is 2. The van der Waals surface area contributed by atoms with Gasteiger partial charge in [0.05, 0.1) is 11.3 Å². The van der Waals surface area contributed by atoms with Crippen LogP contribution in [0.1, 0.15) is 59.3 Å². The van der Waals surface area contributed by atoms with Crippen molar-refractivity contribution in [2.75, 3.05) is 0 Å². The fourth-order valence-corrected chi connectivity index (χ4v) is 1.84. The number of carbonyl (C=O) groups excluding carboxylic acids is 2. The molecule has 1 heterocycles. The molecular weight excluding hydrogens is 216 g/mol. The molecule has 0 bridgehead atoms. The molecule has 0 radical (unpaired) electrons. The Bertz CT molecular complexity index is 447. The molecule has 17 heavy (non-hydrogen) atoms. The van der Waals surface area contributed by atoms with Gasteiger partial charge in [-0.3, -0.25) is 9.59 Å². The van der Waals surface area contributed by atoms with Crippen LogP contribution in [0.4, 0.5) is 0 Å². The summed E-state index contributed by atoms with van der Waals surface area (Å²) in [5, 5.41) is 2.91. The smallest absolute Gasteiger partial charge is 0.253 e. The van der Waals surface area contributed by atoms with Crippen molar-refractivity contribution in [1.29, 1.82) is 0 Å². The van der Waals surface area contributed by atoms with E-state index in [0.717, 1.165) is 17.7 Å². The van der Waals surface area contributed by atoms with E-state index in [-0.39, 0.29) is 17.7 Å². The Morgan fingerprint density at radius 3 is 2.35 bits per heavy atom. The predicted octanol–water partition coefficient (Wildman–Crippen LogP) is 2.36. The monoisotopic (exact) mass is 236 g/mol. The number of hydrogen-bond donors (Lipinski definition) is 2. The van der Waals surface area contributed by atoms with Crippen LogP contribution in [0, 0.1) is 13.8 Å². The quantitative estimate of drug-likeness (QED) is 0.788. The second-order valence-electron chi connectivity index (χ2n) is 4.46. The van der Waals surface area contributed by atoms with Crippen LogP contribution in [0.15, 0.2) is 0 Å². The van der Waals surface area contributed by atoms with Crippen LogP contribution in [0.3, 0.4) is 0 Å². The maximum atomic E-state index is 12.0. The number of rotatable bonds is 4. The minimum Gasteiger partial charge on any atom is -0.355 e. The molecule has 4 heteroatoms. The molecule has 0 aromatic carbocycles. The van der Waals surface area contributed by atoms with Crippen LogP contribution in [0.2, 0.25) is 0 Å². The van der Waals surface area contributed by atoms with E-state index in [1.165, 1.54) is 6.92 Å². The van der Waals surface area contributed by atoms with Gasteiger partial charge in [0.25, 0.3) is 5.91 Å². The van der Waals surface area contributed by atoms with E-state index >= 15 is 0 Å². The van der Waals surface area contributed by atoms with Gasteiger partial charge in [0.15, 0.2) is 5.78 Å². The molecule has 0 saturated heterocycles. The molecule has 1 rings (SSSR count). The van der Waals surface area contributed by atoms with Crippen LogP contribution < -0.4 is 5.32 Å². The summed E-state index contributed by atoms with van der Waals surface area (Å²) in [6.45, 7) is 9.08. The van der Waals surface area contributed by atoms with E-state index in [4.69, 9.17) is 0 Å². The third-order valence-electron chi connectivity index (χ3n) is 3.01. The third-order valence-corrected chi connectivity index (χ3v) is 3.01. The first kappa shape index (κ1) is 13.5. The minimum atomic E-state index is -0.113. The Balaban J connectivity index is 3.06. The molecule has 0 spiro atoms. The Morgan fingerprint density at radius 2 is 1.94 bits per heavy atom. The first-order chi connectivity index (χ1) is 7.88. The van der Waals surface area contributed by atoms with E-state index in [0.29, 0.717) is 11.3 Å². The topological polar surface area (TPSA) is 62.0 Å². The van der Waals surface area contributed by atoms with Crippen molar-refractivity contribution in [3.63, 3.8) is 0 Å². The van der Waals surface area contributed by atoms with Crippen molar-refractivity contribution in [3.05, 3.63) is 22.5 Å². The summed E-state index contributed by atoms with van der Waals surface area (Å²) in [5.74, 6) is -0.161. The number of carbonyl (C=O) groups is 2. The number of nitrogens with one attached hydrogen (secondary N) is 2. The number of ketones is 1. The minimum absolute atomic E-state index is 0.0480. The lowest BCUT2D eigenvalue weighted by Crippen LogP contribution is -2.32. The highest BCUT2D eigenvalue weighted by atomic mass is 16.1. The standard InChI is InChI=1S/C13H20N2O2/c1-6-7(2)14-13(17)11-8(3)12(10(5)16)15-9(11)4/h7,15H,6H2,1-5H3,(H,14,17). The van der Waals surface area contributed by atoms with Gasteiger partial charge in [-0.1, -0.05) is 6.92 Å². The molecule has 0 saturated carbocycles. The lowest BCUT2D eigenvalue weighted by atomic mass is 10.1. The summed E-state index contributed by atoms with van der Waals surface area (Å²) >= 11 is 0. The van der Waals surface area contributed by atoms with Crippen molar-refractivity contribution in [2.24, 2.45) is 0 Å². The van der Waals surface area contributed by atoms with Gasteiger partial charge in [0.2, 0.25) is 0 Å². The maximum absolute atomic E-state index is 12.0. The highest BCUT2D eigenvalue weighted by molar-refractivity contribution is 6.02. The zero-order valence-electron chi connectivity index (χ0n) is 11.1. The summed E-state index contributed by atoms with van der Waals surface area (Å²) in [5.41, 5.74) is 2.59. The Morgan fingerprint density at radius 1 is 1.35 bits per heavy atom. The average Bonchev–Trinajstić information content (AvgIpc) is 2.54. The molecule has 0 aliphatic rings. The van der Waals surface area contributed by atoms with Gasteiger partial charge in [0, 0.05) is 18.7 Å². The highest BCUT2D eigenvalue weighted by Gasteiger charge is 2.20. The van der Waals surface area contributed by atoms with E-state index in [1.54, 1.807) is 6.92 Å². The summed E-state index contributed by atoms with van der Waals surface area (Å²) in [6, 6.07) is 0.136. The maximum Gasteiger partial charge on any atom is 0.253 e. The van der Waals surface area contributed by atoms with Gasteiger partial charge in [0.1, 0.15) is 0 Å². The zero-order valence-corrected chi connectivity index (χ0v) is 11.1.